The van der Waals surface area contributed by atoms with Crippen LogP contribution in [0.1, 0.15) is 31.1 Å². The zero-order valence-electron chi connectivity index (χ0n) is 15.7. The van der Waals surface area contributed by atoms with Crippen molar-refractivity contribution >= 4 is 40.1 Å². The van der Waals surface area contributed by atoms with Crippen LogP contribution in [-0.4, -0.2) is 20.2 Å². The SMILES string of the molecule is CCc1cc(Nc2nc(N[C@@H](C)c3ccc(Cl)cc3)nc3ccccc23)n[nH]1. The summed E-state index contributed by atoms with van der Waals surface area (Å²) in [4.78, 5) is 9.37. The molecule has 0 aliphatic heterocycles. The molecule has 2 heterocycles. The van der Waals surface area contributed by atoms with E-state index in [1.54, 1.807) is 0 Å². The van der Waals surface area contributed by atoms with Crippen LogP contribution in [-0.2, 0) is 6.42 Å². The molecule has 0 saturated heterocycles. The number of hydrogen-bond donors (Lipinski definition) is 3. The molecule has 0 unspecified atom stereocenters. The van der Waals surface area contributed by atoms with Crippen molar-refractivity contribution in [2.24, 2.45) is 0 Å². The fraction of sp³-hybridized carbons (Fsp3) is 0.190. The second-order valence-electron chi connectivity index (χ2n) is 6.59. The molecule has 142 valence electrons. The first-order valence-corrected chi connectivity index (χ1v) is 9.60. The van der Waals surface area contributed by atoms with Crippen molar-refractivity contribution in [1.29, 1.82) is 0 Å². The summed E-state index contributed by atoms with van der Waals surface area (Å²) in [5.41, 5.74) is 3.03. The Morgan fingerprint density at radius 3 is 2.61 bits per heavy atom. The van der Waals surface area contributed by atoms with Gasteiger partial charge in [-0.3, -0.25) is 5.10 Å². The fourth-order valence-corrected chi connectivity index (χ4v) is 3.12. The highest BCUT2D eigenvalue weighted by Crippen LogP contribution is 2.26. The monoisotopic (exact) mass is 392 g/mol. The van der Waals surface area contributed by atoms with Crippen molar-refractivity contribution in [2.45, 2.75) is 26.3 Å². The number of hydrogen-bond acceptors (Lipinski definition) is 5. The molecule has 0 radical (unpaired) electrons. The lowest BCUT2D eigenvalue weighted by Gasteiger charge is -2.16. The van der Waals surface area contributed by atoms with E-state index in [0.29, 0.717) is 11.8 Å². The number of aromatic nitrogens is 4. The standard InChI is InChI=1S/C21H21ClN6/c1-3-16-12-19(28-27-16)25-20-17-6-4-5-7-18(17)24-21(26-20)23-13(2)14-8-10-15(22)11-9-14/h4-13H,3H2,1-2H3,(H3,23,24,25,26,27,28)/t13-/m0/s1. The van der Waals surface area contributed by atoms with Crippen molar-refractivity contribution in [3.63, 3.8) is 0 Å². The molecule has 28 heavy (non-hydrogen) atoms. The summed E-state index contributed by atoms with van der Waals surface area (Å²) in [6, 6.07) is 17.7. The van der Waals surface area contributed by atoms with Crippen molar-refractivity contribution in [3.05, 3.63) is 70.9 Å². The maximum Gasteiger partial charge on any atom is 0.225 e. The number of nitrogens with one attached hydrogen (secondary N) is 3. The van der Waals surface area contributed by atoms with E-state index in [2.05, 4.69) is 39.7 Å². The molecule has 4 aromatic rings. The van der Waals surface area contributed by atoms with Gasteiger partial charge in [-0.1, -0.05) is 42.8 Å². The van der Waals surface area contributed by atoms with Crippen LogP contribution in [0.3, 0.4) is 0 Å². The lowest BCUT2D eigenvalue weighted by Crippen LogP contribution is -2.10. The van der Waals surface area contributed by atoms with E-state index in [9.17, 15) is 0 Å². The van der Waals surface area contributed by atoms with Crippen LogP contribution in [0.25, 0.3) is 10.9 Å². The van der Waals surface area contributed by atoms with Crippen molar-refractivity contribution < 1.29 is 0 Å². The summed E-state index contributed by atoms with van der Waals surface area (Å²) in [5.74, 6) is 2.00. The van der Waals surface area contributed by atoms with E-state index >= 15 is 0 Å². The van der Waals surface area contributed by atoms with Gasteiger partial charge in [-0.2, -0.15) is 10.1 Å². The third-order valence-corrected chi connectivity index (χ3v) is 4.83. The van der Waals surface area contributed by atoms with Gasteiger partial charge < -0.3 is 10.6 Å². The van der Waals surface area contributed by atoms with E-state index in [4.69, 9.17) is 16.6 Å². The molecule has 7 heteroatoms. The molecule has 0 amide bonds. The van der Waals surface area contributed by atoms with Crippen LogP contribution < -0.4 is 10.6 Å². The van der Waals surface area contributed by atoms with Crippen LogP contribution in [0.5, 0.6) is 0 Å². The Balaban J connectivity index is 1.66. The molecule has 4 rings (SSSR count). The molecule has 0 bridgehead atoms. The number of aromatic amines is 1. The number of anilines is 3. The van der Waals surface area contributed by atoms with Crippen LogP contribution in [0, 0.1) is 0 Å². The molecule has 3 N–H and O–H groups in total. The number of nitrogens with zero attached hydrogens (tertiary/aromatic N) is 3. The zero-order chi connectivity index (χ0) is 19.5. The summed E-state index contributed by atoms with van der Waals surface area (Å²) >= 11 is 5.99. The van der Waals surface area contributed by atoms with Gasteiger partial charge in [0.1, 0.15) is 5.82 Å². The Hall–Kier alpha value is -3.12. The highest BCUT2D eigenvalue weighted by Gasteiger charge is 2.12. The Morgan fingerprint density at radius 2 is 1.86 bits per heavy atom. The number of H-pyrrole nitrogens is 1. The molecule has 1 atom stereocenters. The fourth-order valence-electron chi connectivity index (χ4n) is 2.99. The summed E-state index contributed by atoms with van der Waals surface area (Å²) in [5, 5.41) is 15.7. The molecule has 0 spiro atoms. The van der Waals surface area contributed by atoms with Gasteiger partial charge in [0.2, 0.25) is 5.95 Å². The van der Waals surface area contributed by atoms with Gasteiger partial charge in [-0.15, -0.1) is 0 Å². The summed E-state index contributed by atoms with van der Waals surface area (Å²) in [7, 11) is 0. The first-order valence-electron chi connectivity index (χ1n) is 9.22. The molecule has 0 aliphatic rings. The van der Waals surface area contributed by atoms with Crippen LogP contribution in [0.2, 0.25) is 5.02 Å². The van der Waals surface area contributed by atoms with E-state index in [1.807, 2.05) is 54.6 Å². The normalized spacial score (nSPS) is 12.1. The topological polar surface area (TPSA) is 78.5 Å². The molecule has 0 saturated carbocycles. The van der Waals surface area contributed by atoms with Crippen LogP contribution in [0.15, 0.2) is 54.6 Å². The molecule has 6 nitrogen and oxygen atoms in total. The predicted molar refractivity (Wildman–Crippen MR) is 114 cm³/mol. The largest absolute Gasteiger partial charge is 0.348 e. The average molecular weight is 393 g/mol. The van der Waals surface area contributed by atoms with E-state index in [1.165, 1.54) is 0 Å². The third-order valence-electron chi connectivity index (χ3n) is 4.58. The highest BCUT2D eigenvalue weighted by molar-refractivity contribution is 6.30. The Morgan fingerprint density at radius 1 is 1.07 bits per heavy atom. The number of benzene rings is 2. The molecular weight excluding hydrogens is 372 g/mol. The Kier molecular flexibility index (Phi) is 5.12. The summed E-state index contributed by atoms with van der Waals surface area (Å²) in [6.45, 7) is 4.15. The van der Waals surface area contributed by atoms with Gasteiger partial charge >= 0.3 is 0 Å². The maximum absolute atomic E-state index is 5.99. The lowest BCUT2D eigenvalue weighted by atomic mass is 10.1. The van der Waals surface area contributed by atoms with Crippen molar-refractivity contribution in [1.82, 2.24) is 20.2 Å². The van der Waals surface area contributed by atoms with Gasteiger partial charge in [0.15, 0.2) is 5.82 Å². The summed E-state index contributed by atoms with van der Waals surface area (Å²) in [6.07, 6.45) is 0.893. The zero-order valence-corrected chi connectivity index (χ0v) is 16.5. The predicted octanol–water partition coefficient (Wildman–Crippen LogP) is 5.49. The second kappa shape index (κ2) is 7.86. The highest BCUT2D eigenvalue weighted by atomic mass is 35.5. The van der Waals surface area contributed by atoms with Gasteiger partial charge in [0.05, 0.1) is 11.6 Å². The average Bonchev–Trinajstić information content (AvgIpc) is 3.16. The maximum atomic E-state index is 5.99. The van der Waals surface area contributed by atoms with Gasteiger partial charge in [-0.25, -0.2) is 4.98 Å². The first-order chi connectivity index (χ1) is 13.6. The number of aryl methyl sites for hydroxylation is 1. The number of halogens is 1. The molecule has 0 fully saturated rings. The van der Waals surface area contributed by atoms with E-state index in [0.717, 1.165) is 39.4 Å². The van der Waals surface area contributed by atoms with Crippen molar-refractivity contribution in [2.75, 3.05) is 10.6 Å². The van der Waals surface area contributed by atoms with Crippen LogP contribution in [0.4, 0.5) is 17.6 Å². The quantitative estimate of drug-likeness (QED) is 0.404. The van der Waals surface area contributed by atoms with Gasteiger partial charge in [0.25, 0.3) is 0 Å². The van der Waals surface area contributed by atoms with Crippen molar-refractivity contribution in [3.8, 4) is 0 Å². The van der Waals surface area contributed by atoms with Gasteiger partial charge in [0, 0.05) is 22.2 Å². The number of rotatable bonds is 6. The smallest absolute Gasteiger partial charge is 0.225 e. The third kappa shape index (κ3) is 3.92. The summed E-state index contributed by atoms with van der Waals surface area (Å²) < 4.78 is 0. The molecule has 0 aliphatic carbocycles. The minimum Gasteiger partial charge on any atom is -0.348 e. The number of para-hydroxylation sites is 1. The second-order valence-corrected chi connectivity index (χ2v) is 7.02. The Labute approximate surface area is 168 Å². The minimum atomic E-state index is 0.0309. The van der Waals surface area contributed by atoms with E-state index in [-0.39, 0.29) is 6.04 Å². The van der Waals surface area contributed by atoms with Gasteiger partial charge in [-0.05, 0) is 43.2 Å². The molecule has 2 aromatic carbocycles. The minimum absolute atomic E-state index is 0.0309. The Bertz CT molecular complexity index is 1090. The first kappa shape index (κ1) is 18.3. The van der Waals surface area contributed by atoms with E-state index < -0.39 is 0 Å². The molecular formula is C21H21ClN6. The molecule has 2 aromatic heterocycles. The lowest BCUT2D eigenvalue weighted by molar-refractivity contribution is 0.864. The van der Waals surface area contributed by atoms with Crippen LogP contribution >= 0.6 is 11.6 Å². The number of fused-ring (bicyclic) bond motifs is 1.